The van der Waals surface area contributed by atoms with Crippen molar-refractivity contribution in [3.05, 3.63) is 164 Å². The summed E-state index contributed by atoms with van der Waals surface area (Å²) >= 11 is 1.82. The highest BCUT2D eigenvalue weighted by molar-refractivity contribution is 7.25. The molecule has 0 aliphatic rings. The van der Waals surface area contributed by atoms with E-state index in [1.54, 1.807) is 0 Å². The Hall–Kier alpha value is -5.18. The van der Waals surface area contributed by atoms with Crippen LogP contribution in [0.2, 0.25) is 0 Å². The topological polar surface area (TPSA) is 3.24 Å². The van der Waals surface area contributed by atoms with Crippen molar-refractivity contribution in [1.29, 1.82) is 0 Å². The fraction of sp³-hybridized carbons (Fsp3) is 0. The Labute approximate surface area is 256 Å². The second-order valence-corrected chi connectivity index (χ2v) is 11.3. The van der Waals surface area contributed by atoms with Crippen molar-refractivity contribution in [2.75, 3.05) is 4.90 Å². The van der Waals surface area contributed by atoms with Crippen molar-refractivity contribution < 1.29 is 6.85 Å². The minimum absolute atomic E-state index is 0.194. The lowest BCUT2D eigenvalue weighted by Gasteiger charge is -2.27. The molecule has 1 aromatic heterocycles. The molecule has 8 rings (SSSR count). The molecule has 8 aromatic rings. The van der Waals surface area contributed by atoms with Gasteiger partial charge in [0.1, 0.15) is 0 Å². The number of rotatable bonds is 5. The van der Waals surface area contributed by atoms with Gasteiger partial charge in [-0.2, -0.15) is 0 Å². The van der Waals surface area contributed by atoms with Crippen molar-refractivity contribution in [1.82, 2.24) is 0 Å². The zero-order valence-electron chi connectivity index (χ0n) is 27.6. The SMILES string of the molecule is [2H]c1c([2H])c([2H])c(-c2ccc(N(c3ccccc3)c3ccc(-c4ccc5sc6ccccc6c5c4)c4ccccc34)cc2)c([2H])c1[2H]. The highest BCUT2D eigenvalue weighted by Gasteiger charge is 2.18. The zero-order chi connectivity index (χ0) is 32.2. The Balaban J connectivity index is 1.28. The van der Waals surface area contributed by atoms with E-state index >= 15 is 0 Å². The number of fused-ring (bicyclic) bond motifs is 4. The second-order valence-electron chi connectivity index (χ2n) is 10.2. The molecule has 0 unspecified atom stereocenters. The van der Waals surface area contributed by atoms with Crippen LogP contribution in [0.1, 0.15) is 6.85 Å². The van der Waals surface area contributed by atoms with E-state index in [4.69, 9.17) is 6.85 Å². The fourth-order valence-electron chi connectivity index (χ4n) is 5.80. The second kappa shape index (κ2) is 10.3. The van der Waals surface area contributed by atoms with E-state index in [0.29, 0.717) is 5.56 Å². The number of thiophene rings is 1. The Bertz CT molecular complexity index is 2440. The molecule has 0 aliphatic heterocycles. The van der Waals surface area contributed by atoms with Crippen LogP contribution in [0.4, 0.5) is 17.1 Å². The standard InChI is InChI=1S/C40H27NS/c1-3-11-28(12-4-1)29-19-22-32(23-20-29)41(31-13-5-2-6-14-31)38-25-24-33(34-15-7-8-16-35(34)38)30-21-26-40-37(27-30)36-17-9-10-18-39(36)42-40/h1-27H/i1D,3D,4D,11D,12D. The summed E-state index contributed by atoms with van der Waals surface area (Å²) in [6.45, 7) is 0. The summed E-state index contributed by atoms with van der Waals surface area (Å²) in [4.78, 5) is 2.20. The number of benzene rings is 7. The monoisotopic (exact) mass is 558 g/mol. The molecular weight excluding hydrogens is 527 g/mol. The average molecular weight is 559 g/mol. The first kappa shape index (κ1) is 19.8. The lowest BCUT2D eigenvalue weighted by Crippen LogP contribution is -2.10. The van der Waals surface area contributed by atoms with E-state index in [1.165, 1.54) is 20.2 Å². The summed E-state index contributed by atoms with van der Waals surface area (Å²) in [5.74, 6) is 0. The smallest absolute Gasteiger partial charge is 0.0629 e. The van der Waals surface area contributed by atoms with Crippen LogP contribution in [0.3, 0.4) is 0 Å². The molecule has 0 spiro atoms. The third-order valence-corrected chi connectivity index (χ3v) is 8.91. The Kier molecular flexibility index (Phi) is 4.88. The summed E-state index contributed by atoms with van der Waals surface area (Å²) in [6.07, 6.45) is 0. The molecule has 0 bridgehead atoms. The van der Waals surface area contributed by atoms with Gasteiger partial charge >= 0.3 is 0 Å². The molecule has 0 amide bonds. The van der Waals surface area contributed by atoms with Crippen molar-refractivity contribution in [2.24, 2.45) is 0 Å². The highest BCUT2D eigenvalue weighted by Crippen LogP contribution is 2.43. The molecule has 0 saturated carbocycles. The summed E-state index contributed by atoms with van der Waals surface area (Å²) in [6, 6.07) is 44.4. The minimum Gasteiger partial charge on any atom is -0.310 e. The Morgan fingerprint density at radius 3 is 1.90 bits per heavy atom. The van der Waals surface area contributed by atoms with Gasteiger partial charge < -0.3 is 4.90 Å². The molecule has 0 saturated heterocycles. The maximum absolute atomic E-state index is 8.45. The van der Waals surface area contributed by atoms with E-state index in [9.17, 15) is 0 Å². The van der Waals surface area contributed by atoms with Crippen molar-refractivity contribution in [3.8, 4) is 22.3 Å². The van der Waals surface area contributed by atoms with Crippen molar-refractivity contribution in [3.63, 3.8) is 0 Å². The third-order valence-electron chi connectivity index (χ3n) is 7.76. The molecule has 0 aliphatic carbocycles. The summed E-state index contributed by atoms with van der Waals surface area (Å²) in [5, 5.41) is 4.78. The molecule has 42 heavy (non-hydrogen) atoms. The van der Waals surface area contributed by atoms with Crippen LogP contribution in [-0.4, -0.2) is 0 Å². The predicted octanol–water partition coefficient (Wildman–Crippen LogP) is 12.0. The normalized spacial score (nSPS) is 13.0. The highest BCUT2D eigenvalue weighted by atomic mass is 32.1. The van der Waals surface area contributed by atoms with Gasteiger partial charge in [0.05, 0.1) is 12.5 Å². The molecule has 0 N–H and O–H groups in total. The van der Waals surface area contributed by atoms with Gasteiger partial charge in [-0.3, -0.25) is 0 Å². The molecule has 1 nitrogen and oxygen atoms in total. The van der Waals surface area contributed by atoms with Crippen LogP contribution < -0.4 is 4.90 Å². The van der Waals surface area contributed by atoms with Gasteiger partial charge in [-0.25, -0.2) is 0 Å². The maximum Gasteiger partial charge on any atom is 0.0629 e. The maximum atomic E-state index is 8.45. The van der Waals surface area contributed by atoms with Crippen molar-refractivity contribution in [2.45, 2.75) is 0 Å². The Morgan fingerprint density at radius 1 is 0.452 bits per heavy atom. The predicted molar refractivity (Wildman–Crippen MR) is 182 cm³/mol. The molecule has 0 fully saturated rings. The first-order valence-electron chi connectivity index (χ1n) is 16.4. The molecular formula is C40H27NS. The zero-order valence-corrected chi connectivity index (χ0v) is 23.4. The van der Waals surface area contributed by atoms with Crippen LogP contribution >= 0.6 is 11.3 Å². The first-order valence-corrected chi connectivity index (χ1v) is 14.7. The molecule has 0 radical (unpaired) electrons. The summed E-state index contributed by atoms with van der Waals surface area (Å²) in [5.41, 5.74) is 5.95. The molecule has 1 heterocycles. The van der Waals surface area contributed by atoms with Crippen LogP contribution in [-0.2, 0) is 0 Å². The minimum atomic E-state index is -0.394. The number of hydrogen-bond acceptors (Lipinski definition) is 2. The van der Waals surface area contributed by atoms with Gasteiger partial charge in [0.25, 0.3) is 0 Å². The number of para-hydroxylation sites is 1. The number of hydrogen-bond donors (Lipinski definition) is 0. The van der Waals surface area contributed by atoms with E-state index in [0.717, 1.165) is 39.0 Å². The van der Waals surface area contributed by atoms with Crippen molar-refractivity contribution >= 4 is 59.3 Å². The summed E-state index contributed by atoms with van der Waals surface area (Å²) in [7, 11) is 0. The van der Waals surface area contributed by atoms with E-state index in [-0.39, 0.29) is 29.7 Å². The number of anilines is 3. The third kappa shape index (κ3) is 4.25. The summed E-state index contributed by atoms with van der Waals surface area (Å²) < 4.78 is 43.7. The van der Waals surface area contributed by atoms with Gasteiger partial charge in [-0.1, -0.05) is 115 Å². The fourth-order valence-corrected chi connectivity index (χ4v) is 6.89. The van der Waals surface area contributed by atoms with Crippen LogP contribution in [0.15, 0.2) is 164 Å². The lowest BCUT2D eigenvalue weighted by molar-refractivity contribution is 1.30. The molecule has 7 aromatic carbocycles. The average Bonchev–Trinajstić information content (AvgIpc) is 3.49. The first-order chi connectivity index (χ1) is 22.9. The molecule has 198 valence electrons. The lowest BCUT2D eigenvalue weighted by atomic mass is 9.95. The van der Waals surface area contributed by atoms with Crippen LogP contribution in [0, 0.1) is 0 Å². The van der Waals surface area contributed by atoms with E-state index in [1.807, 2.05) is 53.8 Å². The van der Waals surface area contributed by atoms with Crippen LogP contribution in [0.5, 0.6) is 0 Å². The number of nitrogens with zero attached hydrogens (tertiary/aromatic N) is 1. The largest absolute Gasteiger partial charge is 0.310 e. The van der Waals surface area contributed by atoms with E-state index in [2.05, 4.69) is 95.9 Å². The Morgan fingerprint density at radius 2 is 1.10 bits per heavy atom. The van der Waals surface area contributed by atoms with E-state index < -0.39 is 6.04 Å². The van der Waals surface area contributed by atoms with Gasteiger partial charge in [-0.05, 0) is 76.2 Å². The van der Waals surface area contributed by atoms with Gasteiger partial charge in [0.15, 0.2) is 0 Å². The van der Waals surface area contributed by atoms with Gasteiger partial charge in [-0.15, -0.1) is 11.3 Å². The molecule has 2 heteroatoms. The van der Waals surface area contributed by atoms with Gasteiger partial charge in [0, 0.05) is 36.9 Å². The molecule has 0 atom stereocenters. The van der Waals surface area contributed by atoms with Crippen LogP contribution in [0.25, 0.3) is 53.2 Å². The van der Waals surface area contributed by atoms with Gasteiger partial charge in [0.2, 0.25) is 0 Å². The quantitative estimate of drug-likeness (QED) is 0.203.